The number of nitrogens with zero attached hydrogens (tertiary/aromatic N) is 2. The van der Waals surface area contributed by atoms with E-state index in [1.165, 1.54) is 23.9 Å². The van der Waals surface area contributed by atoms with Crippen molar-refractivity contribution in [3.63, 3.8) is 0 Å². The largest absolute Gasteiger partial charge is 0.491 e. The molecular weight excluding hydrogens is 662 g/mol. The van der Waals surface area contributed by atoms with Crippen LogP contribution >= 0.6 is 0 Å². The quantitative estimate of drug-likeness (QED) is 0.288. The molecule has 0 saturated heterocycles. The molecule has 1 heterocycles. The molecule has 3 N–H and O–H groups in total. The number of hydrogen-bond acceptors (Lipinski definition) is 7. The van der Waals surface area contributed by atoms with Crippen LogP contribution in [-0.4, -0.2) is 97.9 Å². The molecule has 1 aliphatic rings. The molecule has 3 aromatic rings. The van der Waals surface area contributed by atoms with Crippen LogP contribution in [0.15, 0.2) is 72.8 Å². The number of rotatable bonds is 9. The number of likely N-dealkylation sites (N-methyl/N-ethyl adjacent to an activating group) is 2. The van der Waals surface area contributed by atoms with Gasteiger partial charge in [0.05, 0.1) is 31.1 Å². The smallest absolute Gasteiger partial charge is 0.255 e. The zero-order valence-corrected chi connectivity index (χ0v) is 30.9. The van der Waals surface area contributed by atoms with Crippen molar-refractivity contribution in [2.75, 3.05) is 40.4 Å². The summed E-state index contributed by atoms with van der Waals surface area (Å²) < 4.78 is 12.0. The first-order valence-electron chi connectivity index (χ1n) is 17.7. The Hall–Kier alpha value is -5.39. The van der Waals surface area contributed by atoms with Crippen LogP contribution in [0.1, 0.15) is 53.7 Å². The Kier molecular flexibility index (Phi) is 14.2. The van der Waals surface area contributed by atoms with E-state index in [-0.39, 0.29) is 43.5 Å². The van der Waals surface area contributed by atoms with E-state index in [9.17, 15) is 24.0 Å². The Balaban J connectivity index is 1.62. The highest BCUT2D eigenvalue weighted by Gasteiger charge is 2.34. The molecule has 52 heavy (non-hydrogen) atoms. The molecule has 278 valence electrons. The van der Waals surface area contributed by atoms with Gasteiger partial charge in [0, 0.05) is 14.1 Å². The van der Waals surface area contributed by atoms with Crippen molar-refractivity contribution in [2.45, 2.75) is 65.1 Å². The highest BCUT2D eigenvalue weighted by molar-refractivity contribution is 6.01. The van der Waals surface area contributed by atoms with Crippen molar-refractivity contribution in [2.24, 2.45) is 5.92 Å². The third-order valence-corrected chi connectivity index (χ3v) is 8.85. The maximum absolute atomic E-state index is 13.8. The molecule has 12 heteroatoms. The van der Waals surface area contributed by atoms with E-state index < -0.39 is 54.1 Å². The van der Waals surface area contributed by atoms with Crippen LogP contribution in [0.3, 0.4) is 0 Å². The molecule has 0 spiro atoms. The van der Waals surface area contributed by atoms with Gasteiger partial charge in [0.2, 0.25) is 23.6 Å². The lowest BCUT2D eigenvalue weighted by Gasteiger charge is -2.32. The summed E-state index contributed by atoms with van der Waals surface area (Å²) in [5.74, 6) is -1.59. The summed E-state index contributed by atoms with van der Waals surface area (Å²) in [6.07, 6.45) is 0.339. The van der Waals surface area contributed by atoms with Crippen molar-refractivity contribution in [1.29, 1.82) is 0 Å². The fraction of sp³-hybridized carbons (Fsp3) is 0.425. The van der Waals surface area contributed by atoms with Gasteiger partial charge in [-0.15, -0.1) is 0 Å². The minimum absolute atomic E-state index is 0.0180. The number of para-hydroxylation sites is 1. The van der Waals surface area contributed by atoms with E-state index >= 15 is 0 Å². The number of benzene rings is 3. The molecular formula is C40H51N5O7. The number of amides is 5. The Morgan fingerprint density at radius 2 is 1.67 bits per heavy atom. The van der Waals surface area contributed by atoms with Gasteiger partial charge in [-0.1, -0.05) is 74.0 Å². The number of hydrogen-bond donors (Lipinski definition) is 3. The summed E-state index contributed by atoms with van der Waals surface area (Å²) in [6, 6.07) is 19.3. The van der Waals surface area contributed by atoms with E-state index in [1.54, 1.807) is 24.3 Å². The summed E-state index contributed by atoms with van der Waals surface area (Å²) in [7, 11) is 3.03. The normalized spacial score (nSPS) is 19.2. The Bertz CT molecular complexity index is 1710. The average molecular weight is 714 g/mol. The maximum atomic E-state index is 13.8. The summed E-state index contributed by atoms with van der Waals surface area (Å²) >= 11 is 0. The van der Waals surface area contributed by atoms with Crippen LogP contribution in [0.2, 0.25) is 0 Å². The number of nitrogens with one attached hydrogen (secondary N) is 3. The first-order valence-corrected chi connectivity index (χ1v) is 17.7. The molecule has 0 unspecified atom stereocenters. The van der Waals surface area contributed by atoms with Crippen LogP contribution < -0.4 is 25.4 Å². The van der Waals surface area contributed by atoms with Crippen LogP contribution in [0.25, 0.3) is 0 Å². The number of aryl methyl sites for hydroxylation is 2. The van der Waals surface area contributed by atoms with Crippen LogP contribution in [-0.2, 0) is 25.6 Å². The van der Waals surface area contributed by atoms with E-state index in [4.69, 9.17) is 9.47 Å². The highest BCUT2D eigenvalue weighted by atomic mass is 16.5. The molecule has 3 aromatic carbocycles. The second kappa shape index (κ2) is 18.7. The van der Waals surface area contributed by atoms with Gasteiger partial charge in [0.25, 0.3) is 5.91 Å². The van der Waals surface area contributed by atoms with E-state index in [1.807, 2.05) is 76.2 Å². The molecule has 3 atom stereocenters. The van der Waals surface area contributed by atoms with Crippen molar-refractivity contribution in [3.8, 4) is 11.5 Å². The maximum Gasteiger partial charge on any atom is 0.255 e. The second-order valence-electron chi connectivity index (χ2n) is 13.7. The zero-order valence-electron chi connectivity index (χ0n) is 30.9. The molecule has 12 nitrogen and oxygen atoms in total. The van der Waals surface area contributed by atoms with Crippen molar-refractivity contribution in [3.05, 3.63) is 95.1 Å². The Morgan fingerprint density at radius 3 is 2.38 bits per heavy atom. The number of carbonyl (C=O) groups is 5. The van der Waals surface area contributed by atoms with Gasteiger partial charge in [-0.25, -0.2) is 0 Å². The Morgan fingerprint density at radius 1 is 0.962 bits per heavy atom. The lowest BCUT2D eigenvalue weighted by atomic mass is 10.0. The molecule has 0 aromatic heterocycles. The molecule has 0 aliphatic carbocycles. The van der Waals surface area contributed by atoms with Crippen molar-refractivity contribution >= 4 is 29.5 Å². The molecule has 5 amide bonds. The number of carbonyl (C=O) groups excluding carboxylic acids is 5. The first-order chi connectivity index (χ1) is 24.8. The summed E-state index contributed by atoms with van der Waals surface area (Å²) in [5, 5.41) is 8.52. The van der Waals surface area contributed by atoms with Crippen LogP contribution in [0.4, 0.5) is 0 Å². The SMILES string of the molecule is Cc1ccc(OCCNC(=O)[C@@H]2CC(=O)N(C)[C@@H](CC(C)C)C(=O)N(C)CC(=O)N[C@H](Cc3ccccc3)COc3ccccc3C(=O)N2)c(C)c1. The van der Waals surface area contributed by atoms with Gasteiger partial charge in [0.1, 0.15) is 36.8 Å². The molecule has 1 aliphatic heterocycles. The summed E-state index contributed by atoms with van der Waals surface area (Å²) in [5.41, 5.74) is 3.18. The highest BCUT2D eigenvalue weighted by Crippen LogP contribution is 2.21. The van der Waals surface area contributed by atoms with Gasteiger partial charge in [-0.2, -0.15) is 0 Å². The van der Waals surface area contributed by atoms with Crippen LogP contribution in [0.5, 0.6) is 11.5 Å². The number of ether oxygens (including phenoxy) is 2. The predicted octanol–water partition coefficient (Wildman–Crippen LogP) is 3.44. The molecule has 0 bridgehead atoms. The fourth-order valence-corrected chi connectivity index (χ4v) is 6.07. The second-order valence-corrected chi connectivity index (χ2v) is 13.7. The van der Waals surface area contributed by atoms with Gasteiger partial charge in [-0.05, 0) is 61.9 Å². The average Bonchev–Trinajstić information content (AvgIpc) is 3.11. The van der Waals surface area contributed by atoms with Gasteiger partial charge in [-0.3, -0.25) is 24.0 Å². The summed E-state index contributed by atoms with van der Waals surface area (Å²) in [6.45, 7) is 7.85. The van der Waals surface area contributed by atoms with Crippen molar-refractivity contribution < 1.29 is 33.4 Å². The van der Waals surface area contributed by atoms with Gasteiger partial charge >= 0.3 is 0 Å². The first kappa shape index (κ1) is 39.4. The molecule has 0 fully saturated rings. The third-order valence-electron chi connectivity index (χ3n) is 8.85. The van der Waals surface area contributed by atoms with Gasteiger partial charge < -0.3 is 35.2 Å². The molecule has 0 saturated carbocycles. The topological polar surface area (TPSA) is 146 Å². The lowest BCUT2D eigenvalue weighted by molar-refractivity contribution is -0.146. The monoisotopic (exact) mass is 713 g/mol. The van der Waals surface area contributed by atoms with Gasteiger partial charge in [0.15, 0.2) is 0 Å². The van der Waals surface area contributed by atoms with E-state index in [0.29, 0.717) is 18.6 Å². The lowest BCUT2D eigenvalue weighted by Crippen LogP contribution is -2.54. The predicted molar refractivity (Wildman–Crippen MR) is 198 cm³/mol. The summed E-state index contributed by atoms with van der Waals surface area (Å²) in [4.78, 5) is 71.1. The number of fused-ring (bicyclic) bond motifs is 1. The third kappa shape index (κ3) is 11.3. The van der Waals surface area contributed by atoms with Crippen molar-refractivity contribution in [1.82, 2.24) is 25.8 Å². The van der Waals surface area contributed by atoms with Crippen LogP contribution in [0, 0.1) is 19.8 Å². The molecule has 4 rings (SSSR count). The standard InChI is InChI=1S/C40H51N5O7/c1-26(2)20-33-40(50)44(5)24-36(46)42-30(22-29-12-8-7-9-13-29)25-52-35-15-11-10-14-31(35)38(48)43-32(23-37(47)45(33)6)39(49)41-18-19-51-34-17-16-27(3)21-28(34)4/h7-17,21,26,30,32-33H,18-20,22-25H2,1-6H3,(H,41,49)(H,42,46)(H,43,48)/t30-,32+,33+/m1/s1. The van der Waals surface area contributed by atoms with E-state index in [0.717, 1.165) is 16.7 Å². The zero-order chi connectivity index (χ0) is 37.8. The Labute approximate surface area is 306 Å². The fourth-order valence-electron chi connectivity index (χ4n) is 6.07. The minimum Gasteiger partial charge on any atom is -0.491 e. The van der Waals surface area contributed by atoms with E-state index in [2.05, 4.69) is 16.0 Å². The minimum atomic E-state index is -1.28. The molecule has 0 radical (unpaired) electrons.